The Kier molecular flexibility index (Phi) is 3.13. The number of hydrogen-bond donors (Lipinski definition) is 2. The second-order valence-electron chi connectivity index (χ2n) is 4.97. The minimum atomic E-state index is -0.415. The fraction of sp³-hybridized carbons (Fsp3) is 0.188. The zero-order valence-corrected chi connectivity index (χ0v) is 10.8. The molecule has 100 valence electrons. The van der Waals surface area contributed by atoms with E-state index in [9.17, 15) is 4.39 Å². The van der Waals surface area contributed by atoms with Crippen molar-refractivity contribution < 1.29 is 4.39 Å². The van der Waals surface area contributed by atoms with Crippen molar-refractivity contribution in [3.8, 4) is 6.07 Å². The Morgan fingerprint density at radius 3 is 2.65 bits per heavy atom. The summed E-state index contributed by atoms with van der Waals surface area (Å²) in [6.45, 7) is 0. The van der Waals surface area contributed by atoms with E-state index in [1.54, 1.807) is 12.1 Å². The smallest absolute Gasteiger partial charge is 0.147 e. The van der Waals surface area contributed by atoms with Gasteiger partial charge in [0.25, 0.3) is 0 Å². The summed E-state index contributed by atoms with van der Waals surface area (Å²) in [5.41, 5.74) is 9.04. The number of nitriles is 1. The van der Waals surface area contributed by atoms with Crippen LogP contribution in [-0.4, -0.2) is 0 Å². The van der Waals surface area contributed by atoms with E-state index in [4.69, 9.17) is 11.0 Å². The molecule has 0 saturated heterocycles. The molecule has 20 heavy (non-hydrogen) atoms. The molecule has 0 aromatic heterocycles. The minimum Gasteiger partial charge on any atom is -0.376 e. The minimum absolute atomic E-state index is 0.00337. The molecule has 0 bridgehead atoms. The molecule has 2 aromatic rings. The van der Waals surface area contributed by atoms with E-state index in [0.717, 1.165) is 17.5 Å². The lowest BCUT2D eigenvalue weighted by Crippen LogP contribution is -2.10. The van der Waals surface area contributed by atoms with Crippen LogP contribution >= 0.6 is 0 Å². The lowest BCUT2D eigenvalue weighted by Gasteiger charge is -2.16. The Morgan fingerprint density at radius 1 is 1.20 bits per heavy atom. The number of nitrogens with one attached hydrogen (secondary N) is 1. The first-order valence-corrected chi connectivity index (χ1v) is 6.49. The van der Waals surface area contributed by atoms with Gasteiger partial charge in [0, 0.05) is 6.04 Å². The summed E-state index contributed by atoms with van der Waals surface area (Å²) in [6, 6.07) is 14.3. The van der Waals surface area contributed by atoms with E-state index in [1.165, 1.54) is 6.07 Å². The number of benzene rings is 2. The van der Waals surface area contributed by atoms with Crippen molar-refractivity contribution in [2.24, 2.45) is 5.73 Å². The van der Waals surface area contributed by atoms with Gasteiger partial charge in [-0.2, -0.15) is 5.26 Å². The van der Waals surface area contributed by atoms with Crippen LogP contribution in [0.4, 0.5) is 10.1 Å². The van der Waals surface area contributed by atoms with Crippen molar-refractivity contribution in [2.75, 3.05) is 5.32 Å². The van der Waals surface area contributed by atoms with Crippen molar-refractivity contribution in [3.63, 3.8) is 0 Å². The van der Waals surface area contributed by atoms with Gasteiger partial charge < -0.3 is 11.1 Å². The van der Waals surface area contributed by atoms with Gasteiger partial charge in [-0.1, -0.05) is 24.3 Å². The third-order valence-electron chi connectivity index (χ3n) is 3.69. The topological polar surface area (TPSA) is 61.8 Å². The van der Waals surface area contributed by atoms with Crippen molar-refractivity contribution >= 4 is 5.69 Å². The summed E-state index contributed by atoms with van der Waals surface area (Å²) in [6.07, 6.45) is 0.735. The SMILES string of the molecule is N#Cc1ccc(NC2CC(N)c3ccccc32)c(F)c1. The largest absolute Gasteiger partial charge is 0.376 e. The molecule has 0 amide bonds. The number of halogens is 1. The lowest BCUT2D eigenvalue weighted by atomic mass is 10.1. The molecular weight excluding hydrogens is 253 g/mol. The predicted octanol–water partition coefficient (Wildman–Crippen LogP) is 3.25. The monoisotopic (exact) mass is 267 g/mol. The molecule has 1 aliphatic rings. The third kappa shape index (κ3) is 2.13. The summed E-state index contributed by atoms with van der Waals surface area (Å²) >= 11 is 0. The molecule has 3 rings (SSSR count). The van der Waals surface area contributed by atoms with Gasteiger partial charge in [0.1, 0.15) is 5.82 Å². The normalized spacial score (nSPS) is 20.2. The Labute approximate surface area is 116 Å². The molecule has 2 unspecified atom stereocenters. The van der Waals surface area contributed by atoms with Crippen molar-refractivity contribution in [1.29, 1.82) is 5.26 Å². The van der Waals surface area contributed by atoms with Crippen molar-refractivity contribution in [3.05, 3.63) is 65.0 Å². The van der Waals surface area contributed by atoms with E-state index >= 15 is 0 Å². The number of nitrogens with zero attached hydrogens (tertiary/aromatic N) is 1. The Hall–Kier alpha value is -2.38. The van der Waals surface area contributed by atoms with Gasteiger partial charge in [0.05, 0.1) is 23.4 Å². The Bertz CT molecular complexity index is 690. The van der Waals surface area contributed by atoms with Gasteiger partial charge in [-0.05, 0) is 35.7 Å². The number of nitrogens with two attached hydrogens (primary N) is 1. The average molecular weight is 267 g/mol. The first-order valence-electron chi connectivity index (χ1n) is 6.49. The van der Waals surface area contributed by atoms with E-state index in [1.807, 2.05) is 30.3 Å². The summed E-state index contributed by atoms with van der Waals surface area (Å²) < 4.78 is 13.9. The molecule has 3 N–H and O–H groups in total. The molecule has 0 fully saturated rings. The predicted molar refractivity (Wildman–Crippen MR) is 75.5 cm³/mol. The van der Waals surface area contributed by atoms with Gasteiger partial charge >= 0.3 is 0 Å². The number of rotatable bonds is 2. The molecular formula is C16H14FN3. The van der Waals surface area contributed by atoms with Gasteiger partial charge in [-0.15, -0.1) is 0 Å². The highest BCUT2D eigenvalue weighted by Gasteiger charge is 2.28. The zero-order chi connectivity index (χ0) is 14.1. The van der Waals surface area contributed by atoms with Gasteiger partial charge in [-0.3, -0.25) is 0 Å². The van der Waals surface area contributed by atoms with Crippen molar-refractivity contribution in [2.45, 2.75) is 18.5 Å². The van der Waals surface area contributed by atoms with Crippen LogP contribution in [0.25, 0.3) is 0 Å². The van der Waals surface area contributed by atoms with Crippen LogP contribution in [0, 0.1) is 17.1 Å². The highest BCUT2D eigenvalue weighted by molar-refractivity contribution is 5.52. The highest BCUT2D eigenvalue weighted by atomic mass is 19.1. The van der Waals surface area contributed by atoms with Gasteiger partial charge in [-0.25, -0.2) is 4.39 Å². The fourth-order valence-corrected chi connectivity index (χ4v) is 2.70. The Balaban J connectivity index is 1.88. The molecule has 0 aliphatic heterocycles. The number of fused-ring (bicyclic) bond motifs is 1. The first kappa shape index (κ1) is 12.6. The second-order valence-corrected chi connectivity index (χ2v) is 4.97. The standard InChI is InChI=1S/C16H14FN3/c17-13-7-10(9-18)5-6-15(13)20-16-8-14(19)11-3-1-2-4-12(11)16/h1-7,14,16,20H,8,19H2. The molecule has 0 spiro atoms. The van der Waals surface area contributed by atoms with Crippen LogP contribution in [0.1, 0.15) is 35.2 Å². The maximum atomic E-state index is 13.9. The van der Waals surface area contributed by atoms with Crippen LogP contribution in [0.5, 0.6) is 0 Å². The summed E-state index contributed by atoms with van der Waals surface area (Å²) in [4.78, 5) is 0. The summed E-state index contributed by atoms with van der Waals surface area (Å²) in [5.74, 6) is -0.415. The van der Waals surface area contributed by atoms with E-state index in [0.29, 0.717) is 11.3 Å². The second kappa shape index (κ2) is 4.95. The van der Waals surface area contributed by atoms with Crippen LogP contribution in [-0.2, 0) is 0 Å². The maximum Gasteiger partial charge on any atom is 0.147 e. The third-order valence-corrected chi connectivity index (χ3v) is 3.69. The molecule has 2 aromatic carbocycles. The summed E-state index contributed by atoms with van der Waals surface area (Å²) in [5, 5.41) is 11.9. The molecule has 0 heterocycles. The maximum absolute atomic E-state index is 13.9. The van der Waals surface area contributed by atoms with Crippen LogP contribution < -0.4 is 11.1 Å². The molecule has 3 nitrogen and oxygen atoms in total. The van der Waals surface area contributed by atoms with Gasteiger partial charge in [0.15, 0.2) is 0 Å². The van der Waals surface area contributed by atoms with Crippen LogP contribution in [0.2, 0.25) is 0 Å². The highest BCUT2D eigenvalue weighted by Crippen LogP contribution is 2.39. The molecule has 1 aliphatic carbocycles. The molecule has 0 radical (unpaired) electrons. The van der Waals surface area contributed by atoms with Crippen molar-refractivity contribution in [1.82, 2.24) is 0 Å². The van der Waals surface area contributed by atoms with Crippen LogP contribution in [0.3, 0.4) is 0 Å². The van der Waals surface area contributed by atoms with E-state index in [-0.39, 0.29) is 12.1 Å². The zero-order valence-electron chi connectivity index (χ0n) is 10.8. The number of hydrogen-bond acceptors (Lipinski definition) is 3. The number of anilines is 1. The molecule has 4 heteroatoms. The quantitative estimate of drug-likeness (QED) is 0.878. The molecule has 0 saturated carbocycles. The van der Waals surface area contributed by atoms with E-state index in [2.05, 4.69) is 5.32 Å². The van der Waals surface area contributed by atoms with Gasteiger partial charge in [0.2, 0.25) is 0 Å². The average Bonchev–Trinajstić information content (AvgIpc) is 2.78. The summed E-state index contributed by atoms with van der Waals surface area (Å²) in [7, 11) is 0. The molecule has 2 atom stereocenters. The Morgan fingerprint density at radius 2 is 1.95 bits per heavy atom. The van der Waals surface area contributed by atoms with Crippen LogP contribution in [0.15, 0.2) is 42.5 Å². The first-order chi connectivity index (χ1) is 9.69. The van der Waals surface area contributed by atoms with E-state index < -0.39 is 5.82 Å². The fourth-order valence-electron chi connectivity index (χ4n) is 2.70. The lowest BCUT2D eigenvalue weighted by molar-refractivity contribution is 0.614.